The van der Waals surface area contributed by atoms with E-state index in [1.54, 1.807) is 40.1 Å². The average molecular weight is 694 g/mol. The summed E-state index contributed by atoms with van der Waals surface area (Å²) in [5.41, 5.74) is 1.66. The number of anilines is 1. The third kappa shape index (κ3) is 8.68. The number of halogens is 1. The number of aromatic nitrogens is 1. The lowest BCUT2D eigenvalue weighted by Crippen LogP contribution is -2.57. The number of methoxy groups -OCH3 is 1. The molecule has 2 saturated heterocycles. The van der Waals surface area contributed by atoms with Crippen molar-refractivity contribution in [3.8, 4) is 5.75 Å². The molecule has 2 aliphatic rings. The van der Waals surface area contributed by atoms with E-state index in [0.717, 1.165) is 11.1 Å². The first-order chi connectivity index (χ1) is 24.1. The SMILES string of the molecule is CC[C@H](C)[C@H](NC(=O)CNC(=O)CNC(=O)Nc1ccc(OC)cc1)C(=O)N1CCC[C@H]1C(=O)N1CCC(c2noc3cc(F)ccc23)CC1. The van der Waals surface area contributed by atoms with E-state index in [-0.39, 0.29) is 30.2 Å². The Bertz CT molecular complexity index is 1690. The quantitative estimate of drug-likeness (QED) is 0.224. The number of nitrogens with zero attached hydrogens (tertiary/aromatic N) is 3. The van der Waals surface area contributed by atoms with Gasteiger partial charge in [0.05, 0.1) is 25.9 Å². The van der Waals surface area contributed by atoms with Gasteiger partial charge in [0.1, 0.15) is 23.7 Å². The van der Waals surface area contributed by atoms with Gasteiger partial charge < -0.3 is 40.3 Å². The maximum atomic E-state index is 13.9. The lowest BCUT2D eigenvalue weighted by molar-refractivity contribution is -0.147. The molecule has 0 spiro atoms. The number of hydrogen-bond donors (Lipinski definition) is 4. The van der Waals surface area contributed by atoms with Crippen LogP contribution in [-0.2, 0) is 19.2 Å². The highest BCUT2D eigenvalue weighted by Crippen LogP contribution is 2.34. The second-order valence-corrected chi connectivity index (χ2v) is 12.7. The highest BCUT2D eigenvalue weighted by Gasteiger charge is 2.41. The molecule has 0 unspecified atom stereocenters. The Morgan fingerprint density at radius 3 is 2.40 bits per heavy atom. The summed E-state index contributed by atoms with van der Waals surface area (Å²) in [5, 5.41) is 15.2. The number of likely N-dealkylation sites (tertiary alicyclic amines) is 2. The normalized spacial score (nSPS) is 17.6. The Hall–Kier alpha value is -5.21. The van der Waals surface area contributed by atoms with Crippen LogP contribution < -0.4 is 26.0 Å². The number of benzene rings is 2. The standard InChI is InChI=1S/C35H44FN7O7/c1-4-21(2)31(40-30(45)20-37-29(44)19-38-35(48)39-24-8-10-25(49-3)11-9-24)34(47)43-15-5-6-27(43)33(46)42-16-13-22(14-17-42)32-26-12-7-23(36)18-28(26)50-41-32/h7-12,18,21-22,27,31H,4-6,13-17,19-20H2,1-3H3,(H,37,44)(H,40,45)(H2,38,39,48)/t21-,27-,31-/m0/s1. The van der Waals surface area contributed by atoms with Crippen LogP contribution in [0.4, 0.5) is 14.9 Å². The van der Waals surface area contributed by atoms with Gasteiger partial charge in [0, 0.05) is 42.7 Å². The van der Waals surface area contributed by atoms with Crippen LogP contribution in [0, 0.1) is 11.7 Å². The number of rotatable bonds is 12. The van der Waals surface area contributed by atoms with Gasteiger partial charge >= 0.3 is 6.03 Å². The predicted octanol–water partition coefficient (Wildman–Crippen LogP) is 3.14. The number of hydrogen-bond acceptors (Lipinski definition) is 8. The molecule has 4 N–H and O–H groups in total. The lowest BCUT2D eigenvalue weighted by Gasteiger charge is -2.36. The zero-order valence-corrected chi connectivity index (χ0v) is 28.5. The first kappa shape index (κ1) is 36.1. The number of urea groups is 1. The molecule has 6 amide bonds. The first-order valence-electron chi connectivity index (χ1n) is 17.0. The van der Waals surface area contributed by atoms with Crippen molar-refractivity contribution in [2.45, 2.75) is 64.0 Å². The van der Waals surface area contributed by atoms with E-state index >= 15 is 0 Å². The number of fused-ring (bicyclic) bond motifs is 1. The molecular formula is C35H44FN7O7. The number of carbonyl (C=O) groups is 5. The van der Waals surface area contributed by atoms with Gasteiger partial charge in [0.25, 0.3) is 0 Å². The topological polar surface area (TPSA) is 175 Å². The molecule has 3 heterocycles. The second-order valence-electron chi connectivity index (χ2n) is 12.7. The van der Waals surface area contributed by atoms with E-state index in [2.05, 4.69) is 26.4 Å². The van der Waals surface area contributed by atoms with Crippen LogP contribution >= 0.6 is 0 Å². The summed E-state index contributed by atoms with van der Waals surface area (Å²) < 4.78 is 24.0. The maximum Gasteiger partial charge on any atom is 0.319 e. The molecule has 2 fully saturated rings. The highest BCUT2D eigenvalue weighted by molar-refractivity contribution is 5.95. The van der Waals surface area contributed by atoms with E-state index in [4.69, 9.17) is 9.26 Å². The smallest absolute Gasteiger partial charge is 0.319 e. The lowest BCUT2D eigenvalue weighted by atomic mass is 9.91. The third-order valence-corrected chi connectivity index (χ3v) is 9.48. The minimum atomic E-state index is -0.887. The van der Waals surface area contributed by atoms with Crippen molar-refractivity contribution in [3.63, 3.8) is 0 Å². The fraction of sp³-hybridized carbons (Fsp3) is 0.486. The molecule has 14 nitrogen and oxygen atoms in total. The molecule has 3 atom stereocenters. The number of piperidine rings is 1. The summed E-state index contributed by atoms with van der Waals surface area (Å²) in [6.45, 7) is 4.37. The molecule has 50 heavy (non-hydrogen) atoms. The summed E-state index contributed by atoms with van der Waals surface area (Å²) in [6, 6.07) is 8.90. The molecule has 0 radical (unpaired) electrons. The number of ether oxygens (including phenoxy) is 1. The van der Waals surface area contributed by atoms with Gasteiger partial charge in [-0.2, -0.15) is 0 Å². The first-order valence-corrected chi connectivity index (χ1v) is 17.0. The van der Waals surface area contributed by atoms with Crippen molar-refractivity contribution < 1.29 is 37.6 Å². The third-order valence-electron chi connectivity index (χ3n) is 9.48. The monoisotopic (exact) mass is 693 g/mol. The Kier molecular flexibility index (Phi) is 11.9. The van der Waals surface area contributed by atoms with Gasteiger partial charge in [-0.15, -0.1) is 0 Å². The summed E-state index contributed by atoms with van der Waals surface area (Å²) in [4.78, 5) is 68.4. The molecule has 0 saturated carbocycles. The summed E-state index contributed by atoms with van der Waals surface area (Å²) in [6.07, 6.45) is 3.10. The second kappa shape index (κ2) is 16.5. The van der Waals surface area contributed by atoms with Gasteiger partial charge in [-0.1, -0.05) is 25.4 Å². The Balaban J connectivity index is 1.10. The average Bonchev–Trinajstić information content (AvgIpc) is 3.79. The van der Waals surface area contributed by atoms with Crippen molar-refractivity contribution in [2.24, 2.45) is 5.92 Å². The minimum absolute atomic E-state index is 0.0601. The zero-order chi connectivity index (χ0) is 35.8. The van der Waals surface area contributed by atoms with Crippen LogP contribution in [0.1, 0.15) is 57.6 Å². The zero-order valence-electron chi connectivity index (χ0n) is 28.5. The van der Waals surface area contributed by atoms with Gasteiger partial charge in [-0.05, 0) is 68.0 Å². The van der Waals surface area contributed by atoms with E-state index < -0.39 is 42.3 Å². The molecular weight excluding hydrogens is 649 g/mol. The number of amides is 6. The molecule has 268 valence electrons. The Labute approximate surface area is 289 Å². The Morgan fingerprint density at radius 1 is 0.980 bits per heavy atom. The number of nitrogens with one attached hydrogen (secondary N) is 4. The van der Waals surface area contributed by atoms with E-state index in [9.17, 15) is 28.4 Å². The molecule has 0 bridgehead atoms. The molecule has 5 rings (SSSR count). The Morgan fingerprint density at radius 2 is 1.70 bits per heavy atom. The molecule has 2 aliphatic heterocycles. The van der Waals surface area contributed by atoms with Gasteiger partial charge in [-0.25, -0.2) is 9.18 Å². The molecule has 2 aromatic carbocycles. The van der Waals surface area contributed by atoms with E-state index in [1.807, 2.05) is 13.8 Å². The van der Waals surface area contributed by atoms with Crippen LogP contribution in [-0.4, -0.2) is 96.5 Å². The molecule has 15 heteroatoms. The largest absolute Gasteiger partial charge is 0.497 e. The highest BCUT2D eigenvalue weighted by atomic mass is 19.1. The van der Waals surface area contributed by atoms with Gasteiger partial charge in [-0.3, -0.25) is 19.2 Å². The molecule has 0 aliphatic carbocycles. The fourth-order valence-electron chi connectivity index (χ4n) is 6.43. The van der Waals surface area contributed by atoms with Crippen molar-refractivity contribution in [3.05, 3.63) is 54.0 Å². The van der Waals surface area contributed by atoms with Crippen molar-refractivity contribution in [1.29, 1.82) is 0 Å². The fourth-order valence-corrected chi connectivity index (χ4v) is 6.43. The van der Waals surface area contributed by atoms with E-state index in [1.165, 1.54) is 19.2 Å². The molecule has 3 aromatic rings. The van der Waals surface area contributed by atoms with Crippen molar-refractivity contribution >= 4 is 46.3 Å². The van der Waals surface area contributed by atoms with Crippen molar-refractivity contribution in [1.82, 2.24) is 30.9 Å². The van der Waals surface area contributed by atoms with E-state index in [0.29, 0.717) is 68.8 Å². The maximum absolute atomic E-state index is 13.9. The van der Waals surface area contributed by atoms with Crippen LogP contribution in [0.3, 0.4) is 0 Å². The van der Waals surface area contributed by atoms with Crippen LogP contribution in [0.15, 0.2) is 47.0 Å². The predicted molar refractivity (Wildman–Crippen MR) is 182 cm³/mol. The van der Waals surface area contributed by atoms with Crippen LogP contribution in [0.2, 0.25) is 0 Å². The van der Waals surface area contributed by atoms with Crippen LogP contribution in [0.25, 0.3) is 11.0 Å². The summed E-state index contributed by atoms with van der Waals surface area (Å²) >= 11 is 0. The van der Waals surface area contributed by atoms with Gasteiger partial charge in [0.2, 0.25) is 23.6 Å². The van der Waals surface area contributed by atoms with Crippen molar-refractivity contribution in [2.75, 3.05) is 45.2 Å². The van der Waals surface area contributed by atoms with Crippen LogP contribution in [0.5, 0.6) is 5.75 Å². The summed E-state index contributed by atoms with van der Waals surface area (Å²) in [5.74, 6) is -1.53. The molecule has 1 aromatic heterocycles. The minimum Gasteiger partial charge on any atom is -0.497 e. The van der Waals surface area contributed by atoms with Gasteiger partial charge in [0.15, 0.2) is 5.58 Å². The summed E-state index contributed by atoms with van der Waals surface area (Å²) in [7, 11) is 1.53. The number of carbonyl (C=O) groups excluding carboxylic acids is 5.